The number of nitro benzene ring substituents is 1. The van der Waals surface area contributed by atoms with Crippen molar-refractivity contribution in [1.82, 2.24) is 4.98 Å². The molecule has 0 spiro atoms. The van der Waals surface area contributed by atoms with Gasteiger partial charge in [0, 0.05) is 18.3 Å². The van der Waals surface area contributed by atoms with Crippen molar-refractivity contribution in [3.05, 3.63) is 58.4 Å². The van der Waals surface area contributed by atoms with Gasteiger partial charge in [-0.15, -0.1) is 0 Å². The van der Waals surface area contributed by atoms with Crippen LogP contribution >= 0.6 is 0 Å². The standard InChI is InChI=1S/C13H10N2O4/c1-9(16)12-7-10(15(17)18)4-5-13(12)19-11-3-2-6-14-8-11/h2-8H,1H3. The number of hydrogen-bond acceptors (Lipinski definition) is 5. The molecule has 0 N–H and O–H groups in total. The summed E-state index contributed by atoms with van der Waals surface area (Å²) in [6.45, 7) is 1.33. The van der Waals surface area contributed by atoms with Crippen LogP contribution in [0.4, 0.5) is 5.69 Å². The molecule has 19 heavy (non-hydrogen) atoms. The maximum absolute atomic E-state index is 11.5. The van der Waals surface area contributed by atoms with Crippen molar-refractivity contribution in [3.8, 4) is 11.5 Å². The number of Topliss-reactive ketones (excluding diaryl/α,β-unsaturated/α-hetero) is 1. The van der Waals surface area contributed by atoms with Crippen LogP contribution in [0.15, 0.2) is 42.7 Å². The van der Waals surface area contributed by atoms with E-state index in [0.717, 1.165) is 0 Å². The summed E-state index contributed by atoms with van der Waals surface area (Å²) < 4.78 is 5.50. The SMILES string of the molecule is CC(=O)c1cc([N+](=O)[O-])ccc1Oc1cccnc1. The first-order valence-electron chi connectivity index (χ1n) is 5.45. The lowest BCUT2D eigenvalue weighted by molar-refractivity contribution is -0.384. The molecule has 0 bridgehead atoms. The molecular weight excluding hydrogens is 248 g/mol. The summed E-state index contributed by atoms with van der Waals surface area (Å²) in [6.07, 6.45) is 3.08. The molecule has 0 unspecified atom stereocenters. The third-order valence-corrected chi connectivity index (χ3v) is 2.42. The van der Waals surface area contributed by atoms with E-state index in [1.165, 1.54) is 31.3 Å². The van der Waals surface area contributed by atoms with Crippen LogP contribution in [0.25, 0.3) is 0 Å². The predicted molar refractivity (Wildman–Crippen MR) is 67.4 cm³/mol. The summed E-state index contributed by atoms with van der Waals surface area (Å²) in [4.78, 5) is 25.5. The van der Waals surface area contributed by atoms with Gasteiger partial charge in [0.2, 0.25) is 0 Å². The molecule has 6 heteroatoms. The summed E-state index contributed by atoms with van der Waals surface area (Å²) in [5.41, 5.74) is 0.0155. The first-order valence-corrected chi connectivity index (χ1v) is 5.45. The highest BCUT2D eigenvalue weighted by Gasteiger charge is 2.15. The highest BCUT2D eigenvalue weighted by atomic mass is 16.6. The van der Waals surface area contributed by atoms with Crippen LogP contribution in [0.5, 0.6) is 11.5 Å². The van der Waals surface area contributed by atoms with Crippen LogP contribution in [-0.2, 0) is 0 Å². The van der Waals surface area contributed by atoms with Gasteiger partial charge >= 0.3 is 0 Å². The van der Waals surface area contributed by atoms with E-state index in [0.29, 0.717) is 5.75 Å². The van der Waals surface area contributed by atoms with Gasteiger partial charge in [-0.3, -0.25) is 19.9 Å². The van der Waals surface area contributed by atoms with Gasteiger partial charge in [-0.05, 0) is 25.1 Å². The van der Waals surface area contributed by atoms with E-state index < -0.39 is 4.92 Å². The maximum atomic E-state index is 11.5. The Kier molecular flexibility index (Phi) is 3.51. The Labute approximate surface area is 108 Å². The van der Waals surface area contributed by atoms with Gasteiger partial charge in [-0.1, -0.05) is 0 Å². The lowest BCUT2D eigenvalue weighted by Crippen LogP contribution is -1.99. The summed E-state index contributed by atoms with van der Waals surface area (Å²) in [6, 6.07) is 7.26. The minimum absolute atomic E-state index is 0.149. The number of ketones is 1. The van der Waals surface area contributed by atoms with Crippen LogP contribution in [0.3, 0.4) is 0 Å². The summed E-state index contributed by atoms with van der Waals surface area (Å²) >= 11 is 0. The maximum Gasteiger partial charge on any atom is 0.270 e. The molecule has 0 aliphatic heterocycles. The monoisotopic (exact) mass is 258 g/mol. The highest BCUT2D eigenvalue weighted by Crippen LogP contribution is 2.28. The molecule has 6 nitrogen and oxygen atoms in total. The molecule has 1 heterocycles. The summed E-state index contributed by atoms with van der Waals surface area (Å²) in [5.74, 6) is 0.424. The Morgan fingerprint density at radius 2 is 2.16 bits per heavy atom. The number of nitrogens with zero attached hydrogens (tertiary/aromatic N) is 2. The van der Waals surface area contributed by atoms with E-state index in [-0.39, 0.29) is 22.8 Å². The Bertz CT molecular complexity index is 626. The number of carbonyl (C=O) groups is 1. The molecule has 2 rings (SSSR count). The van der Waals surface area contributed by atoms with E-state index in [1.54, 1.807) is 18.3 Å². The van der Waals surface area contributed by atoms with Crippen LogP contribution in [0.2, 0.25) is 0 Å². The van der Waals surface area contributed by atoms with E-state index in [4.69, 9.17) is 4.74 Å². The van der Waals surface area contributed by atoms with E-state index in [1.807, 2.05) is 0 Å². The third-order valence-electron chi connectivity index (χ3n) is 2.42. The topological polar surface area (TPSA) is 82.3 Å². The van der Waals surface area contributed by atoms with E-state index in [2.05, 4.69) is 4.98 Å². The zero-order chi connectivity index (χ0) is 13.8. The fraction of sp³-hybridized carbons (Fsp3) is 0.0769. The predicted octanol–water partition coefficient (Wildman–Crippen LogP) is 2.98. The fourth-order valence-electron chi connectivity index (χ4n) is 1.53. The number of rotatable bonds is 4. The molecule has 0 amide bonds. The molecule has 0 atom stereocenters. The average molecular weight is 258 g/mol. The number of hydrogen-bond donors (Lipinski definition) is 0. The van der Waals surface area contributed by atoms with Crippen molar-refractivity contribution < 1.29 is 14.5 Å². The number of non-ortho nitro benzene ring substituents is 1. The van der Waals surface area contributed by atoms with Gasteiger partial charge in [0.1, 0.15) is 11.5 Å². The van der Waals surface area contributed by atoms with Gasteiger partial charge in [-0.25, -0.2) is 0 Å². The van der Waals surface area contributed by atoms with Crippen LogP contribution < -0.4 is 4.74 Å². The normalized spacial score (nSPS) is 9.95. The van der Waals surface area contributed by atoms with Gasteiger partial charge < -0.3 is 4.74 Å². The number of carbonyl (C=O) groups excluding carboxylic acids is 1. The van der Waals surface area contributed by atoms with Crippen LogP contribution in [0.1, 0.15) is 17.3 Å². The molecule has 0 radical (unpaired) electrons. The average Bonchev–Trinajstić information content (AvgIpc) is 2.39. The number of nitro groups is 1. The molecule has 2 aromatic rings. The highest BCUT2D eigenvalue weighted by molar-refractivity contribution is 5.97. The van der Waals surface area contributed by atoms with Gasteiger partial charge in [-0.2, -0.15) is 0 Å². The van der Waals surface area contributed by atoms with Crippen molar-refractivity contribution in [2.75, 3.05) is 0 Å². The van der Waals surface area contributed by atoms with Gasteiger partial charge in [0.15, 0.2) is 5.78 Å². The quantitative estimate of drug-likeness (QED) is 0.478. The van der Waals surface area contributed by atoms with Crippen LogP contribution in [-0.4, -0.2) is 15.7 Å². The first-order chi connectivity index (χ1) is 9.08. The molecule has 0 aliphatic rings. The Balaban J connectivity index is 2.40. The molecule has 0 aliphatic carbocycles. The minimum Gasteiger partial charge on any atom is -0.455 e. The molecule has 96 valence electrons. The second kappa shape index (κ2) is 5.26. The fourth-order valence-corrected chi connectivity index (χ4v) is 1.53. The Morgan fingerprint density at radius 1 is 1.37 bits per heavy atom. The van der Waals surface area contributed by atoms with Crippen LogP contribution in [0, 0.1) is 10.1 Å². The summed E-state index contributed by atoms with van der Waals surface area (Å²) in [5, 5.41) is 10.7. The Hall–Kier alpha value is -2.76. The van der Waals surface area contributed by atoms with Crippen molar-refractivity contribution >= 4 is 11.5 Å². The smallest absolute Gasteiger partial charge is 0.270 e. The third kappa shape index (κ3) is 2.92. The minimum atomic E-state index is -0.555. The number of benzene rings is 1. The largest absolute Gasteiger partial charge is 0.455 e. The zero-order valence-electron chi connectivity index (χ0n) is 10.1. The number of aromatic nitrogens is 1. The van der Waals surface area contributed by atoms with E-state index in [9.17, 15) is 14.9 Å². The van der Waals surface area contributed by atoms with Gasteiger partial charge in [0.25, 0.3) is 5.69 Å². The molecule has 0 saturated carbocycles. The van der Waals surface area contributed by atoms with Crippen molar-refractivity contribution in [2.24, 2.45) is 0 Å². The summed E-state index contributed by atoms with van der Waals surface area (Å²) in [7, 11) is 0. The second-order valence-corrected chi connectivity index (χ2v) is 3.78. The van der Waals surface area contributed by atoms with E-state index >= 15 is 0 Å². The number of pyridine rings is 1. The molecule has 1 aromatic heterocycles. The number of ether oxygens (including phenoxy) is 1. The molecular formula is C13H10N2O4. The molecule has 1 aromatic carbocycles. The second-order valence-electron chi connectivity index (χ2n) is 3.78. The van der Waals surface area contributed by atoms with Crippen molar-refractivity contribution in [1.29, 1.82) is 0 Å². The lowest BCUT2D eigenvalue weighted by Gasteiger charge is -2.08. The zero-order valence-corrected chi connectivity index (χ0v) is 10.1. The first kappa shape index (κ1) is 12.7. The van der Waals surface area contributed by atoms with Crippen molar-refractivity contribution in [2.45, 2.75) is 6.92 Å². The molecule has 0 fully saturated rings. The Morgan fingerprint density at radius 3 is 2.74 bits per heavy atom. The van der Waals surface area contributed by atoms with Crippen molar-refractivity contribution in [3.63, 3.8) is 0 Å². The molecule has 0 saturated heterocycles. The van der Waals surface area contributed by atoms with Gasteiger partial charge in [0.05, 0.1) is 16.7 Å². The lowest BCUT2D eigenvalue weighted by atomic mass is 10.1.